The van der Waals surface area contributed by atoms with Crippen molar-refractivity contribution in [1.82, 2.24) is 9.88 Å². The summed E-state index contributed by atoms with van der Waals surface area (Å²) in [7, 11) is 0. The number of ether oxygens (including phenoxy) is 2. The van der Waals surface area contributed by atoms with Crippen molar-refractivity contribution < 1.29 is 24.0 Å². The fraction of sp³-hybridized carbons (Fsp3) is 0.524. The molecule has 162 valence electrons. The summed E-state index contributed by atoms with van der Waals surface area (Å²) in [5.74, 6) is -0.765. The van der Waals surface area contributed by atoms with Crippen molar-refractivity contribution in [2.24, 2.45) is 0 Å². The Kier molecular flexibility index (Phi) is 6.02. The van der Waals surface area contributed by atoms with Gasteiger partial charge in [0.2, 0.25) is 5.79 Å². The Morgan fingerprint density at radius 2 is 2.07 bits per heavy atom. The molecule has 2 saturated heterocycles. The summed E-state index contributed by atoms with van der Waals surface area (Å²) in [6.45, 7) is 5.99. The molecule has 0 saturated carbocycles. The van der Waals surface area contributed by atoms with E-state index in [1.54, 1.807) is 11.1 Å². The summed E-state index contributed by atoms with van der Waals surface area (Å²) >= 11 is 6.02. The van der Waals surface area contributed by atoms with Gasteiger partial charge < -0.3 is 19.7 Å². The minimum Gasteiger partial charge on any atom is -0.448 e. The van der Waals surface area contributed by atoms with Crippen LogP contribution in [-0.4, -0.2) is 60.2 Å². The molecule has 3 heterocycles. The number of aromatic nitrogens is 1. The van der Waals surface area contributed by atoms with Crippen molar-refractivity contribution in [3.05, 3.63) is 35.5 Å². The van der Waals surface area contributed by atoms with Gasteiger partial charge in [0.15, 0.2) is 0 Å². The first-order valence-electron chi connectivity index (χ1n) is 10.1. The van der Waals surface area contributed by atoms with E-state index in [0.29, 0.717) is 44.1 Å². The van der Waals surface area contributed by atoms with Crippen LogP contribution in [-0.2, 0) is 19.2 Å². The molecule has 30 heavy (non-hydrogen) atoms. The van der Waals surface area contributed by atoms with Gasteiger partial charge in [0.1, 0.15) is 12.2 Å². The number of hydrogen-bond acceptors (Lipinski definition) is 7. The average molecular weight is 436 g/mol. The van der Waals surface area contributed by atoms with Gasteiger partial charge in [-0.3, -0.25) is 4.98 Å². The summed E-state index contributed by atoms with van der Waals surface area (Å²) in [6.07, 6.45) is 2.47. The standard InChI is InChI=1S/C21H26ClN3O5/c1-20(2)14-28-21(30-29-20)6-10-25(11-7-21)19(26)27-12-9-24-17-5-8-23-18-13-15(22)3-4-16(17)18/h3-5,8,13H,6-7,9-12,14H2,1-2H3,(H,23,24). The van der Waals surface area contributed by atoms with E-state index in [9.17, 15) is 4.79 Å². The van der Waals surface area contributed by atoms with Gasteiger partial charge in [-0.2, -0.15) is 0 Å². The molecule has 1 spiro atoms. The first-order chi connectivity index (χ1) is 14.4. The van der Waals surface area contributed by atoms with Crippen molar-refractivity contribution in [1.29, 1.82) is 0 Å². The lowest BCUT2D eigenvalue weighted by Gasteiger charge is -2.45. The molecule has 8 nitrogen and oxygen atoms in total. The number of piperidine rings is 1. The van der Waals surface area contributed by atoms with E-state index in [0.717, 1.165) is 16.6 Å². The first kappa shape index (κ1) is 21.1. The Morgan fingerprint density at radius 1 is 1.27 bits per heavy atom. The third-order valence-electron chi connectivity index (χ3n) is 5.23. The quantitative estimate of drug-likeness (QED) is 0.574. The topological polar surface area (TPSA) is 82.2 Å². The van der Waals surface area contributed by atoms with Gasteiger partial charge in [-0.15, -0.1) is 0 Å². The summed E-state index contributed by atoms with van der Waals surface area (Å²) in [5.41, 5.74) is 1.27. The maximum atomic E-state index is 12.4. The number of pyridine rings is 1. The number of carbonyl (C=O) groups excluding carboxylic acids is 1. The Balaban J connectivity index is 1.22. The summed E-state index contributed by atoms with van der Waals surface area (Å²) in [4.78, 5) is 29.3. The molecule has 1 amide bonds. The Bertz CT molecular complexity index is 903. The minimum atomic E-state index is -0.765. The molecule has 0 atom stereocenters. The zero-order valence-corrected chi connectivity index (χ0v) is 17.9. The smallest absolute Gasteiger partial charge is 0.409 e. The molecule has 2 aliphatic rings. The van der Waals surface area contributed by atoms with E-state index in [4.69, 9.17) is 30.8 Å². The molecule has 0 bridgehead atoms. The van der Waals surface area contributed by atoms with E-state index in [2.05, 4.69) is 10.3 Å². The van der Waals surface area contributed by atoms with Crippen LogP contribution in [0.1, 0.15) is 26.7 Å². The minimum absolute atomic E-state index is 0.252. The van der Waals surface area contributed by atoms with Crippen molar-refractivity contribution >= 4 is 34.3 Å². The van der Waals surface area contributed by atoms with Crippen LogP contribution in [0.3, 0.4) is 0 Å². The van der Waals surface area contributed by atoms with Gasteiger partial charge in [0, 0.05) is 54.8 Å². The van der Waals surface area contributed by atoms with Crippen LogP contribution in [0.2, 0.25) is 5.02 Å². The molecule has 0 aliphatic carbocycles. The summed E-state index contributed by atoms with van der Waals surface area (Å²) in [5, 5.41) is 4.89. The highest BCUT2D eigenvalue weighted by molar-refractivity contribution is 6.31. The van der Waals surface area contributed by atoms with Crippen LogP contribution in [0.4, 0.5) is 10.5 Å². The van der Waals surface area contributed by atoms with Crippen LogP contribution in [0.15, 0.2) is 30.5 Å². The molecule has 2 fully saturated rings. The lowest BCUT2D eigenvalue weighted by Crippen LogP contribution is -2.55. The van der Waals surface area contributed by atoms with Crippen LogP contribution in [0, 0.1) is 0 Å². The van der Waals surface area contributed by atoms with Crippen LogP contribution < -0.4 is 5.32 Å². The molecule has 0 unspecified atom stereocenters. The van der Waals surface area contributed by atoms with E-state index >= 15 is 0 Å². The number of fused-ring (bicyclic) bond motifs is 1. The lowest BCUT2D eigenvalue weighted by atomic mass is 10.0. The van der Waals surface area contributed by atoms with Crippen molar-refractivity contribution in [2.45, 2.75) is 38.1 Å². The van der Waals surface area contributed by atoms with Crippen molar-refractivity contribution in [3.63, 3.8) is 0 Å². The average Bonchev–Trinajstić information content (AvgIpc) is 2.74. The summed E-state index contributed by atoms with van der Waals surface area (Å²) in [6, 6.07) is 7.45. The largest absolute Gasteiger partial charge is 0.448 e. The van der Waals surface area contributed by atoms with Gasteiger partial charge in [0.05, 0.1) is 12.1 Å². The zero-order chi connectivity index (χ0) is 21.2. The monoisotopic (exact) mass is 435 g/mol. The number of carbonyl (C=O) groups is 1. The predicted molar refractivity (Wildman–Crippen MR) is 112 cm³/mol. The molecule has 0 radical (unpaired) electrons. The number of nitrogens with one attached hydrogen (secondary N) is 1. The maximum absolute atomic E-state index is 12.4. The molecule has 1 aromatic heterocycles. The van der Waals surface area contributed by atoms with Gasteiger partial charge >= 0.3 is 6.09 Å². The van der Waals surface area contributed by atoms with Crippen LogP contribution in [0.25, 0.3) is 10.9 Å². The van der Waals surface area contributed by atoms with Crippen LogP contribution >= 0.6 is 11.6 Å². The molecule has 2 aliphatic heterocycles. The number of hydrogen-bond donors (Lipinski definition) is 1. The third kappa shape index (κ3) is 4.78. The highest BCUT2D eigenvalue weighted by atomic mass is 35.5. The van der Waals surface area contributed by atoms with E-state index in [1.165, 1.54) is 0 Å². The SMILES string of the molecule is CC1(C)COC2(CCN(C(=O)OCCNc3ccnc4cc(Cl)ccc34)CC2)OO1. The summed E-state index contributed by atoms with van der Waals surface area (Å²) < 4.78 is 11.3. The van der Waals surface area contributed by atoms with Crippen molar-refractivity contribution in [2.75, 3.05) is 38.2 Å². The highest BCUT2D eigenvalue weighted by Gasteiger charge is 2.45. The highest BCUT2D eigenvalue weighted by Crippen LogP contribution is 2.35. The number of anilines is 1. The lowest BCUT2D eigenvalue weighted by molar-refractivity contribution is -0.511. The second kappa shape index (κ2) is 8.55. The fourth-order valence-corrected chi connectivity index (χ4v) is 3.66. The molecular weight excluding hydrogens is 410 g/mol. The zero-order valence-electron chi connectivity index (χ0n) is 17.2. The molecule has 1 aromatic carbocycles. The Morgan fingerprint density at radius 3 is 2.80 bits per heavy atom. The van der Waals surface area contributed by atoms with E-state index in [-0.39, 0.29) is 12.7 Å². The van der Waals surface area contributed by atoms with Crippen LogP contribution in [0.5, 0.6) is 0 Å². The van der Waals surface area contributed by atoms with E-state index < -0.39 is 11.4 Å². The molecule has 1 N–H and O–H groups in total. The maximum Gasteiger partial charge on any atom is 0.409 e. The first-order valence-corrected chi connectivity index (χ1v) is 10.4. The van der Waals surface area contributed by atoms with E-state index in [1.807, 2.05) is 38.1 Å². The second-order valence-corrected chi connectivity index (χ2v) is 8.61. The number of rotatable bonds is 4. The Labute approximate surface area is 180 Å². The normalized spacial score (nSPS) is 20.3. The fourth-order valence-electron chi connectivity index (χ4n) is 3.49. The van der Waals surface area contributed by atoms with Gasteiger partial charge in [-0.1, -0.05) is 11.6 Å². The molecule has 9 heteroatoms. The number of halogens is 1. The van der Waals surface area contributed by atoms with Gasteiger partial charge in [-0.25, -0.2) is 14.6 Å². The van der Waals surface area contributed by atoms with Gasteiger partial charge in [-0.05, 0) is 38.1 Å². The number of amides is 1. The third-order valence-corrected chi connectivity index (χ3v) is 5.47. The molecule has 4 rings (SSSR count). The van der Waals surface area contributed by atoms with Gasteiger partial charge in [0.25, 0.3) is 0 Å². The molecule has 2 aromatic rings. The van der Waals surface area contributed by atoms with Crippen molar-refractivity contribution in [3.8, 4) is 0 Å². The molecular formula is C21H26ClN3O5. The Hall–Kier alpha value is -2.13. The predicted octanol–water partition coefficient (Wildman–Crippen LogP) is 3.99. The second-order valence-electron chi connectivity index (χ2n) is 8.17. The number of benzene rings is 1. The number of likely N-dealkylation sites (tertiary alicyclic amines) is 1. The number of nitrogens with zero attached hydrogens (tertiary/aromatic N) is 2.